The predicted molar refractivity (Wildman–Crippen MR) is 122 cm³/mol. The average Bonchev–Trinajstić information content (AvgIpc) is 2.83. The van der Waals surface area contributed by atoms with Gasteiger partial charge in [-0.2, -0.15) is 0 Å². The molecule has 0 spiro atoms. The predicted octanol–water partition coefficient (Wildman–Crippen LogP) is 5.81. The molecule has 156 valence electrons. The molecule has 0 radical (unpaired) electrons. The smallest absolute Gasteiger partial charge is 0.160 e. The Kier molecular flexibility index (Phi) is 5.76. The largest absolute Gasteiger partial charge is 0.504 e. The Morgan fingerprint density at radius 2 is 1.16 bits per heavy atom. The average molecular weight is 413 g/mol. The Bertz CT molecular complexity index is 1150. The van der Waals surface area contributed by atoms with E-state index >= 15 is 0 Å². The van der Waals surface area contributed by atoms with Crippen molar-refractivity contribution >= 4 is 0 Å². The molecule has 31 heavy (non-hydrogen) atoms. The number of hydrogen-bond donors (Lipinski definition) is 1. The second kappa shape index (κ2) is 8.79. The third-order valence-electron chi connectivity index (χ3n) is 5.07. The highest BCUT2D eigenvalue weighted by atomic mass is 16.5. The minimum absolute atomic E-state index is 0.0858. The van der Waals surface area contributed by atoms with Crippen molar-refractivity contribution in [2.24, 2.45) is 0 Å². The molecule has 1 N–H and O–H groups in total. The number of phenols is 1. The van der Waals surface area contributed by atoms with Crippen LogP contribution < -0.4 is 14.2 Å². The molecule has 5 nitrogen and oxygen atoms in total. The van der Waals surface area contributed by atoms with Gasteiger partial charge in [-0.3, -0.25) is 0 Å². The van der Waals surface area contributed by atoms with Gasteiger partial charge in [-0.15, -0.1) is 0 Å². The van der Waals surface area contributed by atoms with Crippen molar-refractivity contribution in [2.45, 2.75) is 0 Å². The lowest BCUT2D eigenvalue weighted by Crippen LogP contribution is -1.93. The lowest BCUT2D eigenvalue weighted by atomic mass is 9.99. The van der Waals surface area contributed by atoms with E-state index < -0.39 is 0 Å². The van der Waals surface area contributed by atoms with Crippen molar-refractivity contribution in [1.82, 2.24) is 4.98 Å². The van der Waals surface area contributed by atoms with E-state index in [2.05, 4.69) is 0 Å². The highest BCUT2D eigenvalue weighted by Crippen LogP contribution is 2.35. The fraction of sp³-hybridized carbons (Fsp3) is 0.115. The molecule has 0 saturated carbocycles. The molecule has 0 atom stereocenters. The first-order valence-corrected chi connectivity index (χ1v) is 9.79. The summed E-state index contributed by atoms with van der Waals surface area (Å²) in [5.74, 6) is 2.03. The first-order valence-electron chi connectivity index (χ1n) is 9.79. The minimum atomic E-state index is 0.0858. The molecule has 3 aromatic carbocycles. The fourth-order valence-corrected chi connectivity index (χ4v) is 3.43. The first-order chi connectivity index (χ1) is 15.1. The quantitative estimate of drug-likeness (QED) is 0.432. The van der Waals surface area contributed by atoms with E-state index in [0.717, 1.165) is 45.1 Å². The summed E-state index contributed by atoms with van der Waals surface area (Å²) < 4.78 is 16.0. The van der Waals surface area contributed by atoms with E-state index in [0.29, 0.717) is 5.75 Å². The third-order valence-corrected chi connectivity index (χ3v) is 5.07. The Balaban J connectivity index is 1.90. The highest BCUT2D eigenvalue weighted by Gasteiger charge is 2.12. The maximum atomic E-state index is 10.3. The van der Waals surface area contributed by atoms with Crippen LogP contribution in [0.2, 0.25) is 0 Å². The fourth-order valence-electron chi connectivity index (χ4n) is 3.43. The van der Waals surface area contributed by atoms with Gasteiger partial charge < -0.3 is 19.3 Å². The van der Waals surface area contributed by atoms with Crippen LogP contribution in [0, 0.1) is 0 Å². The van der Waals surface area contributed by atoms with Crippen molar-refractivity contribution in [2.75, 3.05) is 21.3 Å². The summed E-state index contributed by atoms with van der Waals surface area (Å²) in [6.45, 7) is 0. The molecule has 0 amide bonds. The molecule has 0 aliphatic rings. The van der Waals surface area contributed by atoms with Gasteiger partial charge in [-0.05, 0) is 59.7 Å². The molecule has 4 aromatic rings. The van der Waals surface area contributed by atoms with Gasteiger partial charge in [0.2, 0.25) is 0 Å². The van der Waals surface area contributed by atoms with Crippen molar-refractivity contribution in [3.8, 4) is 56.6 Å². The molecule has 1 heterocycles. The molecule has 0 bridgehead atoms. The third kappa shape index (κ3) is 4.31. The van der Waals surface area contributed by atoms with Crippen molar-refractivity contribution < 1.29 is 19.3 Å². The van der Waals surface area contributed by atoms with Gasteiger partial charge in [0.15, 0.2) is 11.5 Å². The second-order valence-corrected chi connectivity index (χ2v) is 6.98. The monoisotopic (exact) mass is 413 g/mol. The number of ether oxygens (including phenoxy) is 3. The van der Waals surface area contributed by atoms with Crippen LogP contribution in [0.15, 0.2) is 78.9 Å². The van der Waals surface area contributed by atoms with Crippen LogP contribution in [-0.2, 0) is 0 Å². The van der Waals surface area contributed by atoms with Gasteiger partial charge in [0, 0.05) is 11.1 Å². The maximum absolute atomic E-state index is 10.3. The molecular weight excluding hydrogens is 390 g/mol. The van der Waals surface area contributed by atoms with E-state index in [1.54, 1.807) is 26.4 Å². The zero-order valence-electron chi connectivity index (χ0n) is 17.6. The van der Waals surface area contributed by atoms with Crippen LogP contribution in [0.4, 0.5) is 0 Å². The summed E-state index contributed by atoms with van der Waals surface area (Å²) >= 11 is 0. The van der Waals surface area contributed by atoms with Gasteiger partial charge in [-0.1, -0.05) is 30.3 Å². The number of hydrogen-bond acceptors (Lipinski definition) is 5. The van der Waals surface area contributed by atoms with E-state index in [1.165, 1.54) is 7.11 Å². The lowest BCUT2D eigenvalue weighted by Gasteiger charge is -2.12. The molecule has 0 aliphatic carbocycles. The molecule has 0 aliphatic heterocycles. The molecule has 5 heteroatoms. The van der Waals surface area contributed by atoms with Crippen LogP contribution in [0.25, 0.3) is 33.6 Å². The van der Waals surface area contributed by atoms with Crippen LogP contribution in [0.3, 0.4) is 0 Å². The van der Waals surface area contributed by atoms with E-state index in [9.17, 15) is 5.11 Å². The van der Waals surface area contributed by atoms with E-state index in [4.69, 9.17) is 19.2 Å². The first kappa shape index (κ1) is 20.3. The molecule has 4 rings (SSSR count). The summed E-state index contributed by atoms with van der Waals surface area (Å²) in [7, 11) is 4.82. The summed E-state index contributed by atoms with van der Waals surface area (Å²) in [5.41, 5.74) is 5.23. The zero-order chi connectivity index (χ0) is 21.8. The van der Waals surface area contributed by atoms with Crippen LogP contribution in [0.1, 0.15) is 0 Å². The van der Waals surface area contributed by atoms with Crippen molar-refractivity contribution in [1.29, 1.82) is 0 Å². The van der Waals surface area contributed by atoms with Crippen LogP contribution in [-0.4, -0.2) is 31.4 Å². The van der Waals surface area contributed by atoms with E-state index in [-0.39, 0.29) is 5.75 Å². The Morgan fingerprint density at radius 3 is 1.65 bits per heavy atom. The normalized spacial score (nSPS) is 10.5. The topological polar surface area (TPSA) is 60.8 Å². The second-order valence-electron chi connectivity index (χ2n) is 6.98. The number of benzene rings is 3. The number of nitrogens with zero attached hydrogens (tertiary/aromatic N) is 1. The standard InChI is InChI=1S/C26H23NO4/c1-29-21-8-4-6-18(12-21)23-14-20(17-10-11-26(31-3)25(28)16-17)15-24(27-23)19-7-5-9-22(13-19)30-2/h4-16,28H,1-3H3. The van der Waals surface area contributed by atoms with Gasteiger partial charge in [0.05, 0.1) is 32.7 Å². The number of aromatic hydroxyl groups is 1. The minimum Gasteiger partial charge on any atom is -0.504 e. The van der Waals surface area contributed by atoms with Gasteiger partial charge in [-0.25, -0.2) is 4.98 Å². The van der Waals surface area contributed by atoms with Gasteiger partial charge in [0.25, 0.3) is 0 Å². The van der Waals surface area contributed by atoms with Gasteiger partial charge >= 0.3 is 0 Å². The highest BCUT2D eigenvalue weighted by molar-refractivity contribution is 5.78. The SMILES string of the molecule is COc1cccc(-c2cc(-c3ccc(OC)c(O)c3)cc(-c3cccc(OC)c3)n2)c1. The van der Waals surface area contributed by atoms with Gasteiger partial charge in [0.1, 0.15) is 11.5 Å². The number of rotatable bonds is 6. The Morgan fingerprint density at radius 1 is 0.581 bits per heavy atom. The lowest BCUT2D eigenvalue weighted by molar-refractivity contribution is 0.373. The number of pyridine rings is 1. The Labute approximate surface area is 181 Å². The number of aromatic nitrogens is 1. The molecule has 0 unspecified atom stereocenters. The summed E-state index contributed by atoms with van der Waals surface area (Å²) in [4.78, 5) is 4.91. The Hall–Kier alpha value is -3.99. The van der Waals surface area contributed by atoms with Crippen molar-refractivity contribution in [3.63, 3.8) is 0 Å². The molecular formula is C26H23NO4. The van der Waals surface area contributed by atoms with Crippen molar-refractivity contribution in [3.05, 3.63) is 78.9 Å². The zero-order valence-corrected chi connectivity index (χ0v) is 17.6. The van der Waals surface area contributed by atoms with Crippen LogP contribution in [0.5, 0.6) is 23.0 Å². The number of methoxy groups -OCH3 is 3. The number of phenolic OH excluding ortho intramolecular Hbond substituents is 1. The molecule has 1 aromatic heterocycles. The molecule has 0 fully saturated rings. The summed E-state index contributed by atoms with van der Waals surface area (Å²) in [5, 5.41) is 10.3. The maximum Gasteiger partial charge on any atom is 0.160 e. The van der Waals surface area contributed by atoms with E-state index in [1.807, 2.05) is 66.7 Å². The summed E-state index contributed by atoms with van der Waals surface area (Å²) in [6, 6.07) is 24.9. The molecule has 0 saturated heterocycles. The van der Waals surface area contributed by atoms with Crippen LogP contribution >= 0.6 is 0 Å². The summed E-state index contributed by atoms with van der Waals surface area (Å²) in [6.07, 6.45) is 0.